The number of hydrogen-bond donors (Lipinski definition) is 0. The maximum Gasteiger partial charge on any atom is 0.166 e. The minimum atomic E-state index is 0. The van der Waals surface area contributed by atoms with E-state index in [1.807, 2.05) is 31.2 Å². The van der Waals surface area contributed by atoms with Crippen LogP contribution in [0.5, 0.6) is 5.75 Å². The number of benzene rings is 1. The summed E-state index contributed by atoms with van der Waals surface area (Å²) in [6.45, 7) is 8.39. The van der Waals surface area contributed by atoms with E-state index in [1.54, 1.807) is 0 Å². The first kappa shape index (κ1) is 19.9. The van der Waals surface area contributed by atoms with Crippen molar-refractivity contribution in [1.29, 1.82) is 0 Å². The zero-order valence-electron chi connectivity index (χ0n) is 14.3. The highest BCUT2D eigenvalue weighted by Gasteiger charge is 2.13. The van der Waals surface area contributed by atoms with Gasteiger partial charge < -0.3 is 14.5 Å². The van der Waals surface area contributed by atoms with Gasteiger partial charge in [0.1, 0.15) is 5.75 Å². The Kier molecular flexibility index (Phi) is 9.22. The molecule has 0 saturated carbocycles. The summed E-state index contributed by atoms with van der Waals surface area (Å²) >= 11 is 0. The van der Waals surface area contributed by atoms with Gasteiger partial charge in [-0.15, -0.1) is 12.4 Å². The molecule has 0 unspecified atom stereocenters. The van der Waals surface area contributed by atoms with Crippen LogP contribution < -0.4 is 4.74 Å². The second-order valence-electron chi connectivity index (χ2n) is 5.97. The second kappa shape index (κ2) is 10.6. The van der Waals surface area contributed by atoms with Crippen molar-refractivity contribution in [2.45, 2.75) is 26.2 Å². The van der Waals surface area contributed by atoms with Crippen LogP contribution in [0.3, 0.4) is 0 Å². The molecule has 1 aliphatic heterocycles. The number of piperazine rings is 1. The van der Waals surface area contributed by atoms with Gasteiger partial charge >= 0.3 is 0 Å². The number of para-hydroxylation sites is 1. The Labute approximate surface area is 146 Å². The molecular formula is C18H29ClN2O2. The van der Waals surface area contributed by atoms with Crippen LogP contribution >= 0.6 is 12.4 Å². The summed E-state index contributed by atoms with van der Waals surface area (Å²) in [5, 5.41) is 0. The third-order valence-corrected chi connectivity index (χ3v) is 4.23. The van der Waals surface area contributed by atoms with E-state index in [9.17, 15) is 4.79 Å². The molecule has 5 heteroatoms. The third-order valence-electron chi connectivity index (χ3n) is 4.23. The van der Waals surface area contributed by atoms with Crippen molar-refractivity contribution in [3.8, 4) is 5.75 Å². The van der Waals surface area contributed by atoms with E-state index in [1.165, 1.54) is 26.2 Å². The van der Waals surface area contributed by atoms with Crippen molar-refractivity contribution in [3.63, 3.8) is 0 Å². The van der Waals surface area contributed by atoms with E-state index in [0.717, 1.165) is 25.1 Å². The molecule has 0 amide bonds. The van der Waals surface area contributed by atoms with Gasteiger partial charge in [0.15, 0.2) is 5.78 Å². The zero-order chi connectivity index (χ0) is 15.8. The molecule has 0 N–H and O–H groups in total. The molecule has 1 heterocycles. The van der Waals surface area contributed by atoms with Crippen LogP contribution in [0.1, 0.15) is 36.5 Å². The minimum absolute atomic E-state index is 0. The molecule has 0 aromatic heterocycles. The summed E-state index contributed by atoms with van der Waals surface area (Å²) in [6.07, 6.45) is 2.69. The summed E-state index contributed by atoms with van der Waals surface area (Å²) < 4.78 is 5.82. The standard InChI is InChI=1S/C18H28N2O2.ClH/c1-3-17(21)16-8-4-5-9-18(16)22-15-7-6-10-20-13-11-19(2)12-14-20;/h4-5,8-9H,3,6-7,10-15H2,1-2H3;1H. The summed E-state index contributed by atoms with van der Waals surface area (Å²) in [7, 11) is 2.18. The molecule has 1 saturated heterocycles. The number of unbranched alkanes of at least 4 members (excludes halogenated alkanes) is 1. The number of hydrogen-bond acceptors (Lipinski definition) is 4. The minimum Gasteiger partial charge on any atom is -0.493 e. The topological polar surface area (TPSA) is 32.8 Å². The highest BCUT2D eigenvalue weighted by molar-refractivity contribution is 5.98. The number of rotatable bonds is 8. The fourth-order valence-corrected chi connectivity index (χ4v) is 2.70. The van der Waals surface area contributed by atoms with Crippen LogP contribution in [0.4, 0.5) is 0 Å². The Bertz CT molecular complexity index is 474. The maximum absolute atomic E-state index is 11.9. The van der Waals surface area contributed by atoms with Crippen LogP contribution in [0.25, 0.3) is 0 Å². The first-order valence-corrected chi connectivity index (χ1v) is 8.36. The molecule has 1 aromatic carbocycles. The number of halogens is 1. The summed E-state index contributed by atoms with van der Waals surface area (Å²) in [6, 6.07) is 7.56. The Morgan fingerprint density at radius 1 is 1.13 bits per heavy atom. The van der Waals surface area contributed by atoms with Gasteiger partial charge in [0.05, 0.1) is 12.2 Å². The van der Waals surface area contributed by atoms with E-state index < -0.39 is 0 Å². The van der Waals surface area contributed by atoms with Gasteiger partial charge in [-0.1, -0.05) is 19.1 Å². The smallest absolute Gasteiger partial charge is 0.166 e. The van der Waals surface area contributed by atoms with Gasteiger partial charge in [-0.05, 0) is 38.6 Å². The number of ketones is 1. The number of carbonyl (C=O) groups is 1. The molecule has 0 radical (unpaired) electrons. The van der Waals surface area contributed by atoms with Gasteiger partial charge in [-0.25, -0.2) is 0 Å². The molecule has 130 valence electrons. The number of likely N-dealkylation sites (N-methyl/N-ethyl adjacent to an activating group) is 1. The SMILES string of the molecule is CCC(=O)c1ccccc1OCCCCN1CCN(C)CC1.Cl. The van der Waals surface area contributed by atoms with Crippen LogP contribution in [0, 0.1) is 0 Å². The van der Waals surface area contributed by atoms with E-state index in [0.29, 0.717) is 18.6 Å². The lowest BCUT2D eigenvalue weighted by atomic mass is 10.1. The predicted molar refractivity (Wildman–Crippen MR) is 97.0 cm³/mol. The van der Waals surface area contributed by atoms with Crippen molar-refractivity contribution in [2.24, 2.45) is 0 Å². The first-order chi connectivity index (χ1) is 10.7. The highest BCUT2D eigenvalue weighted by atomic mass is 35.5. The van der Waals surface area contributed by atoms with Crippen LogP contribution in [0.15, 0.2) is 24.3 Å². The van der Waals surface area contributed by atoms with Crippen molar-refractivity contribution in [3.05, 3.63) is 29.8 Å². The predicted octanol–water partition coefficient (Wildman–Crippen LogP) is 3.11. The average Bonchev–Trinajstić information content (AvgIpc) is 2.56. The summed E-state index contributed by atoms with van der Waals surface area (Å²) in [5.74, 6) is 0.877. The molecule has 23 heavy (non-hydrogen) atoms. The number of Topliss-reactive ketones (excluding diaryl/α,β-unsaturated/α-hetero) is 1. The Morgan fingerprint density at radius 3 is 2.52 bits per heavy atom. The molecule has 0 atom stereocenters. The van der Waals surface area contributed by atoms with E-state index in [4.69, 9.17) is 4.74 Å². The zero-order valence-corrected chi connectivity index (χ0v) is 15.1. The average molecular weight is 341 g/mol. The largest absolute Gasteiger partial charge is 0.493 e. The summed E-state index contributed by atoms with van der Waals surface area (Å²) in [5.41, 5.74) is 0.712. The van der Waals surface area contributed by atoms with Crippen LogP contribution in [-0.2, 0) is 0 Å². The van der Waals surface area contributed by atoms with Gasteiger partial charge in [-0.2, -0.15) is 0 Å². The van der Waals surface area contributed by atoms with E-state index in [2.05, 4.69) is 16.8 Å². The molecule has 0 bridgehead atoms. The Morgan fingerprint density at radius 2 is 1.83 bits per heavy atom. The van der Waals surface area contributed by atoms with Gasteiger partial charge in [0.2, 0.25) is 0 Å². The molecule has 0 spiro atoms. The Hall–Kier alpha value is -1.10. The lowest BCUT2D eigenvalue weighted by Gasteiger charge is -2.32. The molecular weight excluding hydrogens is 312 g/mol. The van der Waals surface area contributed by atoms with Crippen LogP contribution in [-0.4, -0.2) is 62.0 Å². The number of ether oxygens (including phenoxy) is 1. The van der Waals surface area contributed by atoms with Gasteiger partial charge in [-0.3, -0.25) is 4.79 Å². The normalized spacial score (nSPS) is 15.9. The van der Waals surface area contributed by atoms with Gasteiger partial charge in [0, 0.05) is 32.6 Å². The van der Waals surface area contributed by atoms with Gasteiger partial charge in [0.25, 0.3) is 0 Å². The maximum atomic E-state index is 11.9. The summed E-state index contributed by atoms with van der Waals surface area (Å²) in [4.78, 5) is 16.8. The second-order valence-corrected chi connectivity index (χ2v) is 5.97. The van der Waals surface area contributed by atoms with Crippen molar-refractivity contribution < 1.29 is 9.53 Å². The molecule has 1 aromatic rings. The van der Waals surface area contributed by atoms with Crippen molar-refractivity contribution >= 4 is 18.2 Å². The first-order valence-electron chi connectivity index (χ1n) is 8.36. The lowest BCUT2D eigenvalue weighted by Crippen LogP contribution is -2.44. The number of nitrogens with zero attached hydrogens (tertiary/aromatic N) is 2. The number of carbonyl (C=O) groups excluding carboxylic acids is 1. The van der Waals surface area contributed by atoms with E-state index in [-0.39, 0.29) is 18.2 Å². The molecule has 2 rings (SSSR count). The molecule has 0 aliphatic carbocycles. The molecule has 4 nitrogen and oxygen atoms in total. The third kappa shape index (κ3) is 6.50. The Balaban J connectivity index is 0.00000264. The van der Waals surface area contributed by atoms with Crippen LogP contribution in [0.2, 0.25) is 0 Å². The lowest BCUT2D eigenvalue weighted by molar-refractivity contribution is 0.0984. The monoisotopic (exact) mass is 340 g/mol. The van der Waals surface area contributed by atoms with Crippen molar-refractivity contribution in [1.82, 2.24) is 9.80 Å². The van der Waals surface area contributed by atoms with Crippen molar-refractivity contribution in [2.75, 3.05) is 46.4 Å². The fourth-order valence-electron chi connectivity index (χ4n) is 2.70. The quantitative estimate of drug-likeness (QED) is 0.537. The highest BCUT2D eigenvalue weighted by Crippen LogP contribution is 2.19. The van der Waals surface area contributed by atoms with E-state index >= 15 is 0 Å². The fraction of sp³-hybridized carbons (Fsp3) is 0.611. The molecule has 1 aliphatic rings. The molecule has 1 fully saturated rings.